The van der Waals surface area contributed by atoms with Crippen LogP contribution in [-0.2, 0) is 0 Å². The Morgan fingerprint density at radius 2 is 1.70 bits per heavy atom. The average molecular weight is 373 g/mol. The number of rotatable bonds is 4. The van der Waals surface area contributed by atoms with Crippen LogP contribution in [0.3, 0.4) is 0 Å². The lowest BCUT2D eigenvalue weighted by Crippen LogP contribution is -2.48. The largest absolute Gasteiger partial charge is 0.336 e. The molecule has 1 heterocycles. The Morgan fingerprint density at radius 3 is 2.37 bits per heavy atom. The number of carbonyl (C=O) groups is 2. The van der Waals surface area contributed by atoms with Crippen LogP contribution < -0.4 is 5.32 Å². The number of halogens is 2. The molecule has 0 unspecified atom stereocenters. The monoisotopic (exact) mass is 373 g/mol. The molecule has 0 radical (unpaired) electrons. The van der Waals surface area contributed by atoms with E-state index in [1.165, 1.54) is 6.07 Å². The van der Waals surface area contributed by atoms with Gasteiger partial charge in [0.05, 0.1) is 5.69 Å². The molecule has 0 aliphatic carbocycles. The molecule has 7 heteroatoms. The minimum absolute atomic E-state index is 0.117. The van der Waals surface area contributed by atoms with Crippen LogP contribution in [0.4, 0.5) is 14.5 Å². The van der Waals surface area contributed by atoms with Gasteiger partial charge in [-0.25, -0.2) is 8.78 Å². The van der Waals surface area contributed by atoms with Gasteiger partial charge in [0.1, 0.15) is 11.6 Å². The highest BCUT2D eigenvalue weighted by Gasteiger charge is 2.22. The molecule has 1 aliphatic heterocycles. The van der Waals surface area contributed by atoms with Gasteiger partial charge in [0, 0.05) is 43.4 Å². The molecule has 5 nitrogen and oxygen atoms in total. The molecule has 1 aliphatic rings. The lowest BCUT2D eigenvalue weighted by Gasteiger charge is -2.34. The number of hydrogen-bond donors (Lipinski definition) is 1. The van der Waals surface area contributed by atoms with Gasteiger partial charge in [-0.05, 0) is 36.9 Å². The number of piperazine rings is 1. The Kier molecular flexibility index (Phi) is 5.81. The third-order valence-electron chi connectivity index (χ3n) is 4.66. The van der Waals surface area contributed by atoms with Gasteiger partial charge in [0.15, 0.2) is 0 Å². The van der Waals surface area contributed by atoms with E-state index in [0.29, 0.717) is 24.7 Å². The number of hydrogen-bond acceptors (Lipinski definition) is 3. The second kappa shape index (κ2) is 8.26. The molecule has 142 valence electrons. The molecular weight excluding hydrogens is 352 g/mol. The highest BCUT2D eigenvalue weighted by Crippen LogP contribution is 2.17. The summed E-state index contributed by atoms with van der Waals surface area (Å²) in [5.41, 5.74) is 0.526. The second-order valence-electron chi connectivity index (χ2n) is 6.39. The average Bonchev–Trinajstić information content (AvgIpc) is 2.69. The van der Waals surface area contributed by atoms with Crippen molar-refractivity contribution in [3.63, 3.8) is 0 Å². The van der Waals surface area contributed by atoms with Crippen LogP contribution in [0.15, 0.2) is 42.5 Å². The van der Waals surface area contributed by atoms with Gasteiger partial charge in [-0.1, -0.05) is 13.0 Å². The quantitative estimate of drug-likeness (QED) is 0.897. The molecule has 2 aromatic rings. The van der Waals surface area contributed by atoms with Crippen LogP contribution in [0.2, 0.25) is 0 Å². The van der Waals surface area contributed by atoms with E-state index < -0.39 is 17.5 Å². The number of nitrogens with one attached hydrogen (secondary N) is 1. The van der Waals surface area contributed by atoms with Crippen molar-refractivity contribution in [3.05, 3.63) is 65.2 Å². The minimum Gasteiger partial charge on any atom is -0.336 e. The van der Waals surface area contributed by atoms with Crippen molar-refractivity contribution in [2.24, 2.45) is 0 Å². The molecule has 2 aromatic carbocycles. The highest BCUT2D eigenvalue weighted by molar-refractivity contribution is 6.06. The third kappa shape index (κ3) is 4.49. The smallest absolute Gasteiger partial charge is 0.255 e. The summed E-state index contributed by atoms with van der Waals surface area (Å²) in [6.07, 6.45) is 0. The standard InChI is InChI=1S/C20H21F2N3O2/c1-2-24-8-10-25(11-9-24)20(27)15-5-3-4-14(12-15)19(26)23-18-7-6-16(21)13-17(18)22/h3-7,12-13H,2,8-11H2,1H3,(H,23,26). The van der Waals surface area contributed by atoms with Crippen LogP contribution in [0.25, 0.3) is 0 Å². The summed E-state index contributed by atoms with van der Waals surface area (Å²) < 4.78 is 26.7. The van der Waals surface area contributed by atoms with Crippen LogP contribution in [-0.4, -0.2) is 54.3 Å². The predicted molar refractivity (Wildman–Crippen MR) is 98.8 cm³/mol. The Hall–Kier alpha value is -2.80. The van der Waals surface area contributed by atoms with Crippen molar-refractivity contribution in [2.45, 2.75) is 6.92 Å². The molecule has 0 spiro atoms. The molecule has 1 fully saturated rings. The Labute approximate surface area is 156 Å². The van der Waals surface area contributed by atoms with Crippen molar-refractivity contribution < 1.29 is 18.4 Å². The van der Waals surface area contributed by atoms with E-state index in [9.17, 15) is 18.4 Å². The first-order valence-corrected chi connectivity index (χ1v) is 8.86. The highest BCUT2D eigenvalue weighted by atomic mass is 19.1. The van der Waals surface area contributed by atoms with E-state index in [1.54, 1.807) is 23.1 Å². The van der Waals surface area contributed by atoms with Gasteiger partial charge in [-0.2, -0.15) is 0 Å². The summed E-state index contributed by atoms with van der Waals surface area (Å²) in [4.78, 5) is 29.1. The summed E-state index contributed by atoms with van der Waals surface area (Å²) in [6.45, 7) is 5.98. The van der Waals surface area contributed by atoms with Crippen molar-refractivity contribution in [1.82, 2.24) is 9.80 Å². The maximum atomic E-state index is 13.7. The Morgan fingerprint density at radius 1 is 1.00 bits per heavy atom. The molecule has 2 amide bonds. The normalized spacial score (nSPS) is 14.9. The number of anilines is 1. The SMILES string of the molecule is CCN1CCN(C(=O)c2cccc(C(=O)Nc3ccc(F)cc3F)c2)CC1. The topological polar surface area (TPSA) is 52.7 Å². The van der Waals surface area contributed by atoms with Gasteiger partial charge in [-0.3, -0.25) is 9.59 Å². The summed E-state index contributed by atoms with van der Waals surface area (Å²) in [6, 6.07) is 9.23. The van der Waals surface area contributed by atoms with Gasteiger partial charge in [0.25, 0.3) is 11.8 Å². The molecular formula is C20H21F2N3O2. The van der Waals surface area contributed by atoms with Crippen LogP contribution >= 0.6 is 0 Å². The lowest BCUT2D eigenvalue weighted by atomic mass is 10.1. The number of likely N-dealkylation sites (N-methyl/N-ethyl adjacent to an activating group) is 1. The van der Waals surface area contributed by atoms with E-state index in [1.807, 2.05) is 0 Å². The third-order valence-corrected chi connectivity index (χ3v) is 4.66. The molecule has 0 aromatic heterocycles. The fraction of sp³-hybridized carbons (Fsp3) is 0.300. The Balaban J connectivity index is 1.71. The van der Waals surface area contributed by atoms with E-state index in [-0.39, 0.29) is 17.2 Å². The molecule has 0 saturated carbocycles. The predicted octanol–water partition coefficient (Wildman–Crippen LogP) is 2.99. The number of nitrogens with zero attached hydrogens (tertiary/aromatic N) is 2. The first-order valence-electron chi connectivity index (χ1n) is 8.86. The molecule has 0 atom stereocenters. The van der Waals surface area contributed by atoms with Crippen LogP contribution in [0.1, 0.15) is 27.6 Å². The van der Waals surface area contributed by atoms with Crippen LogP contribution in [0, 0.1) is 11.6 Å². The van der Waals surface area contributed by atoms with Gasteiger partial charge in [0.2, 0.25) is 0 Å². The number of amides is 2. The van der Waals surface area contributed by atoms with Gasteiger partial charge < -0.3 is 15.1 Å². The van der Waals surface area contributed by atoms with E-state index in [0.717, 1.165) is 31.8 Å². The van der Waals surface area contributed by atoms with Crippen LogP contribution in [0.5, 0.6) is 0 Å². The maximum absolute atomic E-state index is 13.7. The number of benzene rings is 2. The minimum atomic E-state index is -0.857. The fourth-order valence-corrected chi connectivity index (χ4v) is 3.03. The van der Waals surface area contributed by atoms with E-state index in [4.69, 9.17) is 0 Å². The summed E-state index contributed by atoms with van der Waals surface area (Å²) in [5.74, 6) is -2.27. The molecule has 1 saturated heterocycles. The van der Waals surface area contributed by atoms with Crippen molar-refractivity contribution in [3.8, 4) is 0 Å². The summed E-state index contributed by atoms with van der Waals surface area (Å²) in [5, 5.41) is 2.40. The molecule has 3 rings (SSSR count). The Bertz CT molecular complexity index is 849. The van der Waals surface area contributed by atoms with Gasteiger partial charge in [-0.15, -0.1) is 0 Å². The zero-order valence-corrected chi connectivity index (χ0v) is 15.0. The summed E-state index contributed by atoms with van der Waals surface area (Å²) in [7, 11) is 0. The van der Waals surface area contributed by atoms with Crippen molar-refractivity contribution >= 4 is 17.5 Å². The first kappa shape index (κ1) is 19.0. The zero-order chi connectivity index (χ0) is 19.4. The molecule has 0 bridgehead atoms. The zero-order valence-electron chi connectivity index (χ0n) is 15.0. The summed E-state index contributed by atoms with van der Waals surface area (Å²) >= 11 is 0. The van der Waals surface area contributed by atoms with E-state index in [2.05, 4.69) is 17.1 Å². The second-order valence-corrected chi connectivity index (χ2v) is 6.39. The van der Waals surface area contributed by atoms with Crippen molar-refractivity contribution in [2.75, 3.05) is 38.0 Å². The van der Waals surface area contributed by atoms with Gasteiger partial charge >= 0.3 is 0 Å². The fourth-order valence-electron chi connectivity index (χ4n) is 3.03. The van der Waals surface area contributed by atoms with Crippen molar-refractivity contribution in [1.29, 1.82) is 0 Å². The molecule has 27 heavy (non-hydrogen) atoms. The van der Waals surface area contributed by atoms with E-state index >= 15 is 0 Å². The maximum Gasteiger partial charge on any atom is 0.255 e. The molecule has 1 N–H and O–H groups in total. The first-order chi connectivity index (χ1) is 13.0. The number of carbonyl (C=O) groups excluding carboxylic acids is 2. The lowest BCUT2D eigenvalue weighted by molar-refractivity contribution is 0.0643.